The summed E-state index contributed by atoms with van der Waals surface area (Å²) < 4.78 is 93.8. The third kappa shape index (κ3) is 8.40. The summed E-state index contributed by atoms with van der Waals surface area (Å²) in [4.78, 5) is 43.4. The average Bonchev–Trinajstić information content (AvgIpc) is 2.99. The summed E-state index contributed by atoms with van der Waals surface area (Å²) in [6, 6.07) is 7.13. The summed E-state index contributed by atoms with van der Waals surface area (Å²) in [6.45, 7) is -0.104. The fraction of sp³-hybridized carbons (Fsp3) is 0.310. The third-order valence-corrected chi connectivity index (χ3v) is 11.7. The van der Waals surface area contributed by atoms with Crippen LogP contribution < -0.4 is 18.9 Å². The van der Waals surface area contributed by atoms with Crippen molar-refractivity contribution in [3.05, 3.63) is 36.4 Å². The molecule has 4 aromatic carbocycles. The minimum absolute atomic E-state index is 0.00221. The molecule has 0 saturated carbocycles. The second kappa shape index (κ2) is 14.6. The quantitative estimate of drug-likeness (QED) is 0.0365. The van der Waals surface area contributed by atoms with E-state index in [4.69, 9.17) is 20.1 Å². The van der Waals surface area contributed by atoms with E-state index in [-0.39, 0.29) is 76.8 Å². The minimum atomic E-state index is -4.57. The van der Waals surface area contributed by atoms with Gasteiger partial charge in [-0.25, -0.2) is 39.4 Å². The standard InChI is InChI=1S/C29H31N3O14S3/c1-16(33)46-21-14-22(47(40,41)32-13-10-27(38)39)18-8-9-20-24(49(44,45)31-12-3-5-26(36)37)15-23(19-7-6-17(21)28(18)29(19)20)48(42,43)30-11-2-4-25(34)35/h6-9,14-15,30-32H,2-5,10-13H2,1H3,(H,34,35)(H,36,37)(H,38,39). The molecule has 0 spiro atoms. The van der Waals surface area contributed by atoms with Gasteiger partial charge < -0.3 is 20.1 Å². The Bertz CT molecular complexity index is 2230. The lowest BCUT2D eigenvalue weighted by Crippen LogP contribution is -2.28. The van der Waals surface area contributed by atoms with Crippen molar-refractivity contribution in [2.45, 2.75) is 53.7 Å². The second-order valence-corrected chi connectivity index (χ2v) is 15.9. The Morgan fingerprint density at radius 2 is 0.939 bits per heavy atom. The van der Waals surface area contributed by atoms with Crippen LogP contribution in [0.3, 0.4) is 0 Å². The van der Waals surface area contributed by atoms with Crippen molar-refractivity contribution in [1.29, 1.82) is 0 Å². The summed E-state index contributed by atoms with van der Waals surface area (Å²) in [5, 5.41) is 26.8. The zero-order valence-corrected chi connectivity index (χ0v) is 28.1. The largest absolute Gasteiger partial charge is 0.481 e. The van der Waals surface area contributed by atoms with Gasteiger partial charge in [0.05, 0.1) is 21.1 Å². The van der Waals surface area contributed by atoms with Gasteiger partial charge in [-0.2, -0.15) is 0 Å². The first kappa shape index (κ1) is 37.4. The van der Waals surface area contributed by atoms with Gasteiger partial charge in [0.1, 0.15) is 5.75 Å². The number of carbonyl (C=O) groups is 4. The highest BCUT2D eigenvalue weighted by molar-refractivity contribution is 7.90. The lowest BCUT2D eigenvalue weighted by molar-refractivity contribution is -0.138. The zero-order valence-electron chi connectivity index (χ0n) is 25.7. The van der Waals surface area contributed by atoms with Gasteiger partial charge in [-0.1, -0.05) is 18.2 Å². The molecule has 0 fully saturated rings. The van der Waals surface area contributed by atoms with Crippen LogP contribution in [-0.2, 0) is 49.2 Å². The molecule has 0 aliphatic carbocycles. The van der Waals surface area contributed by atoms with Gasteiger partial charge in [-0.05, 0) is 25.0 Å². The summed E-state index contributed by atoms with van der Waals surface area (Å²) in [5.74, 6) is -4.74. The highest BCUT2D eigenvalue weighted by atomic mass is 32.2. The number of ether oxygens (including phenoxy) is 1. The lowest BCUT2D eigenvalue weighted by atomic mass is 9.93. The molecule has 0 bridgehead atoms. The SMILES string of the molecule is CC(=O)Oc1cc(S(=O)(=O)NCCC(=O)O)c2ccc3c(S(=O)(=O)NCCCC(=O)O)cc(S(=O)(=O)NCCCC(=O)O)c4ccc1c2c43. The molecule has 0 amide bonds. The smallest absolute Gasteiger partial charge is 0.308 e. The number of carboxylic acid groups (broad SMARTS) is 3. The number of hydrogen-bond donors (Lipinski definition) is 6. The highest BCUT2D eigenvalue weighted by Gasteiger charge is 2.30. The van der Waals surface area contributed by atoms with E-state index in [0.29, 0.717) is 0 Å². The van der Waals surface area contributed by atoms with E-state index in [9.17, 15) is 44.4 Å². The Hall–Kier alpha value is -4.47. The van der Waals surface area contributed by atoms with E-state index in [1.54, 1.807) is 0 Å². The molecule has 0 saturated heterocycles. The first-order valence-electron chi connectivity index (χ1n) is 14.5. The fourth-order valence-corrected chi connectivity index (χ4v) is 9.12. The number of aliphatic carboxylic acids is 3. The summed E-state index contributed by atoms with van der Waals surface area (Å²) in [5.41, 5.74) is 0. The molecule has 0 radical (unpaired) electrons. The topological polar surface area (TPSA) is 277 Å². The van der Waals surface area contributed by atoms with Gasteiger partial charge in [-0.3, -0.25) is 19.2 Å². The number of benzene rings is 4. The number of hydrogen-bond acceptors (Lipinski definition) is 11. The molecular weight excluding hydrogens is 711 g/mol. The predicted octanol–water partition coefficient (Wildman–Crippen LogP) is 1.55. The third-order valence-electron chi connectivity index (χ3n) is 7.22. The Morgan fingerprint density at radius 1 is 0.571 bits per heavy atom. The molecule has 0 aromatic heterocycles. The van der Waals surface area contributed by atoms with E-state index in [0.717, 1.165) is 19.1 Å². The maximum absolute atomic E-state index is 13.7. The van der Waals surface area contributed by atoms with Crippen LogP contribution >= 0.6 is 0 Å². The van der Waals surface area contributed by atoms with E-state index >= 15 is 0 Å². The van der Waals surface area contributed by atoms with Crippen molar-refractivity contribution in [3.63, 3.8) is 0 Å². The van der Waals surface area contributed by atoms with Crippen LogP contribution in [0.2, 0.25) is 0 Å². The Kier molecular flexibility index (Phi) is 11.1. The summed E-state index contributed by atoms with van der Waals surface area (Å²) in [6.07, 6.45) is -1.49. The summed E-state index contributed by atoms with van der Waals surface area (Å²) in [7, 11) is -13.7. The van der Waals surface area contributed by atoms with Crippen molar-refractivity contribution >= 4 is 86.3 Å². The minimum Gasteiger partial charge on any atom is -0.481 e. The van der Waals surface area contributed by atoms with E-state index < -0.39 is 81.6 Å². The monoisotopic (exact) mass is 741 g/mol. The van der Waals surface area contributed by atoms with E-state index in [1.807, 2.05) is 0 Å². The van der Waals surface area contributed by atoms with Gasteiger partial charge in [0.2, 0.25) is 30.1 Å². The molecule has 6 N–H and O–H groups in total. The molecule has 17 nitrogen and oxygen atoms in total. The zero-order chi connectivity index (χ0) is 36.3. The number of rotatable bonds is 18. The van der Waals surface area contributed by atoms with Crippen LogP contribution in [0.15, 0.2) is 51.1 Å². The first-order valence-corrected chi connectivity index (χ1v) is 18.9. The fourth-order valence-electron chi connectivity index (χ4n) is 5.19. The first-order chi connectivity index (χ1) is 22.9. The van der Waals surface area contributed by atoms with Crippen LogP contribution in [0.4, 0.5) is 0 Å². The number of esters is 1. The molecule has 0 heterocycles. The molecule has 0 aliphatic rings. The van der Waals surface area contributed by atoms with Gasteiger partial charge in [0.15, 0.2) is 0 Å². The van der Waals surface area contributed by atoms with E-state index in [1.165, 1.54) is 24.3 Å². The van der Waals surface area contributed by atoms with Crippen LogP contribution in [0, 0.1) is 0 Å². The number of nitrogens with one attached hydrogen (secondary N) is 3. The van der Waals surface area contributed by atoms with Crippen molar-refractivity contribution in [2.24, 2.45) is 0 Å². The number of carbonyl (C=O) groups excluding carboxylic acids is 1. The second-order valence-electron chi connectivity index (χ2n) is 10.7. The van der Waals surface area contributed by atoms with Crippen LogP contribution in [0.25, 0.3) is 32.3 Å². The Labute approximate surface area is 279 Å². The van der Waals surface area contributed by atoms with Gasteiger partial charge in [0.25, 0.3) is 0 Å². The molecule has 264 valence electrons. The van der Waals surface area contributed by atoms with Crippen molar-refractivity contribution in [1.82, 2.24) is 14.2 Å². The van der Waals surface area contributed by atoms with Crippen LogP contribution in [-0.4, -0.2) is 84.1 Å². The molecule has 0 unspecified atom stereocenters. The van der Waals surface area contributed by atoms with Gasteiger partial charge in [0, 0.05) is 77.8 Å². The van der Waals surface area contributed by atoms with Crippen LogP contribution in [0.5, 0.6) is 5.75 Å². The molecule has 20 heteroatoms. The maximum Gasteiger partial charge on any atom is 0.308 e. The molecule has 0 aliphatic heterocycles. The number of carboxylic acids is 3. The number of sulfonamides is 3. The van der Waals surface area contributed by atoms with Crippen molar-refractivity contribution < 1.29 is 64.5 Å². The van der Waals surface area contributed by atoms with Crippen molar-refractivity contribution in [3.8, 4) is 5.75 Å². The van der Waals surface area contributed by atoms with E-state index in [2.05, 4.69) is 14.2 Å². The molecule has 4 rings (SSSR count). The predicted molar refractivity (Wildman–Crippen MR) is 173 cm³/mol. The van der Waals surface area contributed by atoms with Gasteiger partial charge >= 0.3 is 23.9 Å². The molecule has 0 atom stereocenters. The average molecular weight is 742 g/mol. The van der Waals surface area contributed by atoms with Crippen LogP contribution in [0.1, 0.15) is 39.0 Å². The Balaban J connectivity index is 2.08. The molecule has 4 aromatic rings. The van der Waals surface area contributed by atoms with Gasteiger partial charge in [-0.15, -0.1) is 0 Å². The lowest BCUT2D eigenvalue weighted by Gasteiger charge is -2.20. The molecule has 49 heavy (non-hydrogen) atoms. The maximum atomic E-state index is 13.7. The van der Waals surface area contributed by atoms with Crippen molar-refractivity contribution in [2.75, 3.05) is 19.6 Å². The summed E-state index contributed by atoms with van der Waals surface area (Å²) >= 11 is 0. The molecular formula is C29H31N3O14S3. The Morgan fingerprint density at radius 3 is 1.35 bits per heavy atom. The normalized spacial score (nSPS) is 12.5. The highest BCUT2D eigenvalue weighted by Crippen LogP contribution is 2.45.